The van der Waals surface area contributed by atoms with Crippen LogP contribution in [0.25, 0.3) is 0 Å². The highest BCUT2D eigenvalue weighted by atomic mass is 16.4. The van der Waals surface area contributed by atoms with E-state index in [4.69, 9.17) is 32.5 Å². The molecular weight excluding hydrogens is 464 g/mol. The molecule has 0 aromatic heterocycles. The molecule has 0 rings (SSSR count). The molecule has 0 aromatic carbocycles. The molecule has 0 aliphatic carbocycles. The highest BCUT2D eigenvalue weighted by Gasteiger charge is 2.32. The van der Waals surface area contributed by atoms with Crippen molar-refractivity contribution >= 4 is 47.4 Å². The predicted molar refractivity (Wildman–Crippen MR) is 108 cm³/mol. The number of nitrogens with two attached hydrogens (primary N) is 3. The minimum Gasteiger partial charge on any atom is -0.481 e. The van der Waals surface area contributed by atoms with Gasteiger partial charge in [-0.15, -0.1) is 0 Å². The van der Waals surface area contributed by atoms with Crippen molar-refractivity contribution in [2.24, 2.45) is 17.2 Å². The Bertz CT molecular complexity index is 846. The molecule has 0 aliphatic rings. The van der Waals surface area contributed by atoms with Crippen LogP contribution in [0.15, 0.2) is 0 Å². The molecule has 0 spiro atoms. The van der Waals surface area contributed by atoms with E-state index in [2.05, 4.69) is 5.32 Å². The van der Waals surface area contributed by atoms with Gasteiger partial charge in [0.05, 0.1) is 25.3 Å². The maximum Gasteiger partial charge on any atom is 0.326 e. The summed E-state index contributed by atoms with van der Waals surface area (Å²) in [4.78, 5) is 92.2. The summed E-state index contributed by atoms with van der Waals surface area (Å²) in [7, 11) is 0. The lowest BCUT2D eigenvalue weighted by Gasteiger charge is -2.24. The van der Waals surface area contributed by atoms with Crippen molar-refractivity contribution in [1.29, 1.82) is 0 Å². The van der Waals surface area contributed by atoms with Crippen LogP contribution in [0.1, 0.15) is 32.1 Å². The summed E-state index contributed by atoms with van der Waals surface area (Å²) in [6.45, 7) is 0. The minimum atomic E-state index is -1.88. The Labute approximate surface area is 191 Å². The second kappa shape index (κ2) is 14.0. The summed E-state index contributed by atoms with van der Waals surface area (Å²) in [6.07, 6.45) is -3.52. The standard InChI is InChI=1S/C17H26N6O11/c18-6(3-12(26)27)14(30)22-8(4-11(20)25)16(32)21-7(1-2-10(19)24)15(31)23-9(17(33)34)5-13(28)29/h6-9H,1-5,18H2,(H2,19,24)(H2,20,25)(H,21,32)(H,22,30)(H,23,31)(H,26,27)(H,28,29)(H,33,34). The molecule has 4 unspecified atom stereocenters. The number of hydrogen-bond donors (Lipinski definition) is 9. The Balaban J connectivity index is 5.63. The third-order valence-corrected chi connectivity index (χ3v) is 4.08. The van der Waals surface area contributed by atoms with Gasteiger partial charge in [0, 0.05) is 6.42 Å². The summed E-state index contributed by atoms with van der Waals surface area (Å²) in [6, 6.07) is -6.84. The average molecular weight is 490 g/mol. The van der Waals surface area contributed by atoms with E-state index in [0.717, 1.165) is 0 Å². The lowest BCUT2D eigenvalue weighted by molar-refractivity contribution is -0.147. The molecule has 0 radical (unpaired) electrons. The number of carboxylic acids is 3. The Morgan fingerprint density at radius 3 is 1.53 bits per heavy atom. The van der Waals surface area contributed by atoms with E-state index in [1.165, 1.54) is 0 Å². The topological polar surface area (TPSA) is 311 Å². The number of amides is 5. The van der Waals surface area contributed by atoms with Gasteiger partial charge < -0.3 is 48.5 Å². The van der Waals surface area contributed by atoms with Crippen molar-refractivity contribution in [3.8, 4) is 0 Å². The van der Waals surface area contributed by atoms with Crippen LogP contribution in [-0.4, -0.2) is 86.9 Å². The molecule has 0 fully saturated rings. The van der Waals surface area contributed by atoms with Gasteiger partial charge in [-0.3, -0.25) is 33.6 Å². The van der Waals surface area contributed by atoms with E-state index >= 15 is 0 Å². The zero-order valence-corrected chi connectivity index (χ0v) is 17.7. The predicted octanol–water partition coefficient (Wildman–Crippen LogP) is -5.06. The fourth-order valence-corrected chi connectivity index (χ4v) is 2.44. The van der Waals surface area contributed by atoms with Gasteiger partial charge in [-0.05, 0) is 6.42 Å². The van der Waals surface area contributed by atoms with Crippen LogP contribution >= 0.6 is 0 Å². The summed E-state index contributed by atoms with van der Waals surface area (Å²) >= 11 is 0. The highest BCUT2D eigenvalue weighted by molar-refractivity contribution is 5.97. The van der Waals surface area contributed by atoms with Crippen LogP contribution in [0.5, 0.6) is 0 Å². The largest absolute Gasteiger partial charge is 0.481 e. The first-order valence-corrected chi connectivity index (χ1v) is 9.53. The van der Waals surface area contributed by atoms with Gasteiger partial charge in [-0.25, -0.2) is 4.79 Å². The first-order chi connectivity index (χ1) is 15.6. The van der Waals surface area contributed by atoms with Crippen molar-refractivity contribution in [2.75, 3.05) is 0 Å². The number of rotatable bonds is 16. The second-order valence-electron chi connectivity index (χ2n) is 7.00. The first-order valence-electron chi connectivity index (χ1n) is 9.53. The summed E-state index contributed by atoms with van der Waals surface area (Å²) in [5.41, 5.74) is 15.4. The third kappa shape index (κ3) is 11.9. The molecule has 190 valence electrons. The van der Waals surface area contributed by atoms with E-state index in [9.17, 15) is 38.4 Å². The van der Waals surface area contributed by atoms with Gasteiger partial charge in [0.25, 0.3) is 0 Å². The summed E-state index contributed by atoms with van der Waals surface area (Å²) in [5, 5.41) is 32.5. The van der Waals surface area contributed by atoms with Crippen molar-refractivity contribution in [3.05, 3.63) is 0 Å². The van der Waals surface area contributed by atoms with E-state index in [1.54, 1.807) is 0 Å². The Morgan fingerprint density at radius 1 is 0.618 bits per heavy atom. The van der Waals surface area contributed by atoms with Crippen molar-refractivity contribution in [1.82, 2.24) is 16.0 Å². The molecule has 4 atom stereocenters. The van der Waals surface area contributed by atoms with Crippen LogP contribution in [0.3, 0.4) is 0 Å². The summed E-state index contributed by atoms with van der Waals surface area (Å²) < 4.78 is 0. The molecule has 0 heterocycles. The molecule has 0 aliphatic heterocycles. The zero-order chi connectivity index (χ0) is 26.6. The molecule has 0 saturated carbocycles. The maximum atomic E-state index is 12.6. The van der Waals surface area contributed by atoms with E-state index in [1.807, 2.05) is 10.6 Å². The number of nitrogens with one attached hydrogen (secondary N) is 3. The molecule has 17 heteroatoms. The maximum absolute atomic E-state index is 12.6. The fraction of sp³-hybridized carbons (Fsp3) is 0.529. The molecule has 5 amide bonds. The molecule has 12 N–H and O–H groups in total. The van der Waals surface area contributed by atoms with Gasteiger partial charge in [0.2, 0.25) is 29.5 Å². The Morgan fingerprint density at radius 2 is 1.09 bits per heavy atom. The van der Waals surface area contributed by atoms with E-state index in [0.29, 0.717) is 0 Å². The van der Waals surface area contributed by atoms with Gasteiger partial charge in [-0.2, -0.15) is 0 Å². The number of carbonyl (C=O) groups excluding carboxylic acids is 5. The van der Waals surface area contributed by atoms with Gasteiger partial charge >= 0.3 is 17.9 Å². The number of aliphatic carboxylic acids is 3. The fourth-order valence-electron chi connectivity index (χ4n) is 2.44. The molecule has 0 bridgehead atoms. The van der Waals surface area contributed by atoms with Gasteiger partial charge in [0.1, 0.15) is 18.1 Å². The summed E-state index contributed by atoms with van der Waals surface area (Å²) in [5.74, 6) is -10.1. The van der Waals surface area contributed by atoms with Crippen molar-refractivity contribution < 1.29 is 53.7 Å². The van der Waals surface area contributed by atoms with Crippen LogP contribution in [0.4, 0.5) is 0 Å². The monoisotopic (exact) mass is 490 g/mol. The van der Waals surface area contributed by atoms with Crippen LogP contribution < -0.4 is 33.2 Å². The first kappa shape index (κ1) is 29.7. The lowest BCUT2D eigenvalue weighted by atomic mass is 10.1. The highest BCUT2D eigenvalue weighted by Crippen LogP contribution is 2.03. The molecule has 34 heavy (non-hydrogen) atoms. The average Bonchev–Trinajstić information content (AvgIpc) is 2.68. The second-order valence-corrected chi connectivity index (χ2v) is 7.00. The number of primary amides is 2. The SMILES string of the molecule is NC(=O)CCC(NC(=O)C(CC(N)=O)NC(=O)C(N)CC(=O)O)C(=O)NC(CC(=O)O)C(=O)O. The number of carbonyl (C=O) groups is 8. The lowest BCUT2D eigenvalue weighted by Crippen LogP contribution is -2.58. The smallest absolute Gasteiger partial charge is 0.326 e. The quantitative estimate of drug-likeness (QED) is 0.0981. The van der Waals surface area contributed by atoms with Crippen LogP contribution in [0, 0.1) is 0 Å². The van der Waals surface area contributed by atoms with Crippen LogP contribution in [0.2, 0.25) is 0 Å². The molecule has 17 nitrogen and oxygen atoms in total. The molecular formula is C17H26N6O11. The normalized spacial score (nSPS) is 13.9. The van der Waals surface area contributed by atoms with E-state index in [-0.39, 0.29) is 0 Å². The minimum absolute atomic E-state index is 0.456. The zero-order valence-electron chi connectivity index (χ0n) is 17.7. The van der Waals surface area contributed by atoms with E-state index < -0.39 is 104 Å². The number of hydrogen-bond acceptors (Lipinski definition) is 9. The molecule has 0 saturated heterocycles. The Hall–Kier alpha value is -4.28. The third-order valence-electron chi connectivity index (χ3n) is 4.08. The molecule has 0 aromatic rings. The van der Waals surface area contributed by atoms with Crippen molar-refractivity contribution in [2.45, 2.75) is 56.3 Å². The van der Waals surface area contributed by atoms with Crippen molar-refractivity contribution in [3.63, 3.8) is 0 Å². The van der Waals surface area contributed by atoms with Gasteiger partial charge in [0.15, 0.2) is 0 Å². The van der Waals surface area contributed by atoms with Gasteiger partial charge in [-0.1, -0.05) is 0 Å². The van der Waals surface area contributed by atoms with Crippen LogP contribution in [-0.2, 0) is 38.4 Å². The number of carboxylic acid groups (broad SMARTS) is 3. The Kier molecular flexibility index (Phi) is 12.2.